The number of esters is 1. The Kier molecular flexibility index (Phi) is 10.8. The fraction of sp³-hybridized carbons (Fsp3) is 0.172. The summed E-state index contributed by atoms with van der Waals surface area (Å²) in [6.45, 7) is 1.55. The van der Waals surface area contributed by atoms with E-state index in [1.807, 2.05) is 6.92 Å². The van der Waals surface area contributed by atoms with Crippen LogP contribution in [0.4, 0.5) is 14.9 Å². The lowest BCUT2D eigenvalue weighted by Gasteiger charge is -2.13. The molecule has 0 saturated carbocycles. The molecule has 0 spiro atoms. The van der Waals surface area contributed by atoms with Gasteiger partial charge in [-0.1, -0.05) is 36.7 Å². The smallest absolute Gasteiger partial charge is 0.339 e. The highest BCUT2D eigenvalue weighted by Crippen LogP contribution is 2.38. The summed E-state index contributed by atoms with van der Waals surface area (Å²) in [6.07, 6.45) is 2.16. The van der Waals surface area contributed by atoms with E-state index in [1.165, 1.54) is 30.3 Å². The van der Waals surface area contributed by atoms with Crippen LogP contribution in [0, 0.1) is 5.82 Å². The molecule has 4 rings (SSSR count). The van der Waals surface area contributed by atoms with Crippen molar-refractivity contribution in [1.29, 1.82) is 0 Å². The number of rotatable bonds is 10. The first-order valence-electron chi connectivity index (χ1n) is 12.4. The third kappa shape index (κ3) is 7.80. The van der Waals surface area contributed by atoms with Gasteiger partial charge in [-0.05, 0) is 98.1 Å². The van der Waals surface area contributed by atoms with Gasteiger partial charge in [0, 0.05) is 11.3 Å². The van der Waals surface area contributed by atoms with E-state index in [4.69, 9.17) is 21.1 Å². The summed E-state index contributed by atoms with van der Waals surface area (Å²) in [6, 6.07) is 14.0. The van der Waals surface area contributed by atoms with Crippen molar-refractivity contribution in [2.24, 2.45) is 0 Å². The molecule has 3 aromatic carbocycles. The predicted octanol–water partition coefficient (Wildman–Crippen LogP) is 7.82. The van der Waals surface area contributed by atoms with Gasteiger partial charge in [-0.3, -0.25) is 19.3 Å². The third-order valence-corrected chi connectivity index (χ3v) is 8.15. The molecule has 1 aliphatic rings. The normalized spacial score (nSPS) is 13.9. The zero-order chi connectivity index (χ0) is 30.4. The summed E-state index contributed by atoms with van der Waals surface area (Å²) >= 11 is 13.7. The number of hydrogen-bond acceptors (Lipinski definition) is 7. The average molecular weight is 741 g/mol. The van der Waals surface area contributed by atoms with Gasteiger partial charge in [0.2, 0.25) is 5.91 Å². The fourth-order valence-corrected chi connectivity index (χ4v) is 6.21. The number of carbonyl (C=O) groups excluding carboxylic acids is 4. The molecule has 1 saturated heterocycles. The van der Waals surface area contributed by atoms with Crippen molar-refractivity contribution in [3.63, 3.8) is 0 Å². The Morgan fingerprint density at radius 3 is 2.50 bits per heavy atom. The van der Waals surface area contributed by atoms with Crippen LogP contribution in [0.15, 0.2) is 68.4 Å². The van der Waals surface area contributed by atoms with Gasteiger partial charge in [0.1, 0.15) is 24.7 Å². The van der Waals surface area contributed by atoms with E-state index in [2.05, 4.69) is 37.2 Å². The molecule has 0 bridgehead atoms. The standard InChI is InChI=1S/C29H22Br2ClFN2O6S/c1-2-9-40-28(38)19-13-18(7-8-22(19)32)34-25(36)14-35-27(37)24(42-29(35)39)12-16-10-20(30)26(21(31)11-16)41-15-17-5-3-4-6-23(17)33/h3-8,10-13H,2,9,14-15H2,1H3,(H,34,36)/b24-12+. The van der Waals surface area contributed by atoms with Gasteiger partial charge in [-0.25, -0.2) is 9.18 Å². The molecule has 0 aromatic heterocycles. The maximum atomic E-state index is 13.9. The molecule has 1 N–H and O–H groups in total. The molecule has 8 nitrogen and oxygen atoms in total. The lowest BCUT2D eigenvalue weighted by atomic mass is 10.2. The molecule has 3 amide bonds. The second-order valence-electron chi connectivity index (χ2n) is 8.84. The van der Waals surface area contributed by atoms with Crippen molar-refractivity contribution in [2.75, 3.05) is 18.5 Å². The van der Waals surface area contributed by atoms with Gasteiger partial charge in [-0.2, -0.15) is 0 Å². The summed E-state index contributed by atoms with van der Waals surface area (Å²) in [5.74, 6) is -1.85. The van der Waals surface area contributed by atoms with Crippen molar-refractivity contribution < 1.29 is 33.0 Å². The highest BCUT2D eigenvalue weighted by Gasteiger charge is 2.36. The number of carbonyl (C=O) groups is 4. The summed E-state index contributed by atoms with van der Waals surface area (Å²) in [7, 11) is 0. The highest BCUT2D eigenvalue weighted by atomic mass is 79.9. The first kappa shape index (κ1) is 31.7. The predicted molar refractivity (Wildman–Crippen MR) is 166 cm³/mol. The Morgan fingerprint density at radius 1 is 1.10 bits per heavy atom. The SMILES string of the molecule is CCCOC(=O)c1cc(NC(=O)CN2C(=O)S/C(=C/c3cc(Br)c(OCc4ccccc4F)c(Br)c3)C2=O)ccc1Cl. The number of halogens is 4. The summed E-state index contributed by atoms with van der Waals surface area (Å²) in [5.41, 5.74) is 1.30. The molecular formula is C29H22Br2ClFN2O6S. The van der Waals surface area contributed by atoms with Gasteiger partial charge in [0.15, 0.2) is 0 Å². The molecule has 0 aliphatic carbocycles. The van der Waals surface area contributed by atoms with Gasteiger partial charge in [0.25, 0.3) is 11.1 Å². The van der Waals surface area contributed by atoms with E-state index in [0.717, 1.165) is 4.90 Å². The summed E-state index contributed by atoms with van der Waals surface area (Å²) in [5, 5.41) is 2.12. The number of imide groups is 1. The van der Waals surface area contributed by atoms with Crippen molar-refractivity contribution in [3.8, 4) is 5.75 Å². The third-order valence-electron chi connectivity index (χ3n) is 5.73. The van der Waals surface area contributed by atoms with Crippen LogP contribution in [0.5, 0.6) is 5.75 Å². The maximum Gasteiger partial charge on any atom is 0.339 e. The highest BCUT2D eigenvalue weighted by molar-refractivity contribution is 9.11. The first-order chi connectivity index (χ1) is 20.1. The van der Waals surface area contributed by atoms with Crippen LogP contribution in [0.1, 0.15) is 34.8 Å². The van der Waals surface area contributed by atoms with Crippen molar-refractivity contribution in [2.45, 2.75) is 20.0 Å². The van der Waals surface area contributed by atoms with E-state index >= 15 is 0 Å². The Balaban J connectivity index is 1.42. The fourth-order valence-electron chi connectivity index (χ4n) is 3.73. The number of thioether (sulfide) groups is 1. The minimum atomic E-state index is -0.643. The van der Waals surface area contributed by atoms with Gasteiger partial charge in [0.05, 0.1) is 31.0 Å². The quantitative estimate of drug-likeness (QED) is 0.167. The van der Waals surface area contributed by atoms with Gasteiger partial charge >= 0.3 is 5.97 Å². The summed E-state index contributed by atoms with van der Waals surface area (Å²) < 4.78 is 25.9. The monoisotopic (exact) mass is 738 g/mol. The topological polar surface area (TPSA) is 102 Å². The maximum absolute atomic E-state index is 13.9. The number of hydrogen-bond donors (Lipinski definition) is 1. The second kappa shape index (κ2) is 14.3. The molecule has 1 heterocycles. The zero-order valence-electron chi connectivity index (χ0n) is 21.9. The number of benzene rings is 3. The molecule has 0 unspecified atom stereocenters. The molecular weight excluding hydrogens is 719 g/mol. The number of ether oxygens (including phenoxy) is 2. The van der Waals surface area contributed by atoms with Crippen LogP contribution < -0.4 is 10.1 Å². The van der Waals surface area contributed by atoms with Gasteiger partial charge in [-0.15, -0.1) is 0 Å². The molecule has 13 heteroatoms. The van der Waals surface area contributed by atoms with Crippen LogP contribution in [-0.2, 0) is 20.9 Å². The minimum absolute atomic E-state index is 0.00441. The van der Waals surface area contributed by atoms with Crippen LogP contribution in [0.3, 0.4) is 0 Å². The van der Waals surface area contributed by atoms with Crippen molar-refractivity contribution >= 4 is 90.0 Å². The minimum Gasteiger partial charge on any atom is -0.486 e. The first-order valence-corrected chi connectivity index (χ1v) is 15.2. The van der Waals surface area contributed by atoms with Crippen molar-refractivity contribution in [3.05, 3.63) is 96.0 Å². The Bertz CT molecular complexity index is 1580. The molecule has 0 atom stereocenters. The number of anilines is 1. The average Bonchev–Trinajstić information content (AvgIpc) is 3.20. The summed E-state index contributed by atoms with van der Waals surface area (Å²) in [4.78, 5) is 51.5. The number of amides is 3. The largest absolute Gasteiger partial charge is 0.486 e. The van der Waals surface area contributed by atoms with Crippen LogP contribution in [0.25, 0.3) is 6.08 Å². The number of nitrogens with zero attached hydrogens (tertiary/aromatic N) is 1. The Hall–Kier alpha value is -3.19. The van der Waals surface area contributed by atoms with Crippen LogP contribution in [0.2, 0.25) is 5.02 Å². The van der Waals surface area contributed by atoms with E-state index in [0.29, 0.717) is 44.0 Å². The number of nitrogens with one attached hydrogen (secondary N) is 1. The lowest BCUT2D eigenvalue weighted by molar-refractivity contribution is -0.127. The van der Waals surface area contributed by atoms with E-state index in [9.17, 15) is 23.6 Å². The zero-order valence-corrected chi connectivity index (χ0v) is 26.7. The molecule has 3 aromatic rings. The van der Waals surface area contributed by atoms with Crippen LogP contribution in [-0.4, -0.2) is 41.1 Å². The lowest BCUT2D eigenvalue weighted by Crippen LogP contribution is -2.36. The van der Waals surface area contributed by atoms with Gasteiger partial charge < -0.3 is 14.8 Å². The Labute approximate surface area is 266 Å². The van der Waals surface area contributed by atoms with E-state index in [1.54, 1.807) is 30.3 Å². The molecule has 1 aliphatic heterocycles. The van der Waals surface area contributed by atoms with Crippen LogP contribution >= 0.6 is 55.2 Å². The molecule has 218 valence electrons. The second-order valence-corrected chi connectivity index (χ2v) is 11.9. The van der Waals surface area contributed by atoms with E-state index < -0.39 is 29.6 Å². The molecule has 42 heavy (non-hydrogen) atoms. The van der Waals surface area contributed by atoms with Crippen molar-refractivity contribution in [1.82, 2.24) is 4.90 Å². The molecule has 0 radical (unpaired) electrons. The van der Waals surface area contributed by atoms with E-state index in [-0.39, 0.29) is 40.2 Å². The molecule has 1 fully saturated rings. The Morgan fingerprint density at radius 2 is 1.81 bits per heavy atom.